The predicted octanol–water partition coefficient (Wildman–Crippen LogP) is 2.84. The van der Waals surface area contributed by atoms with Crippen LogP contribution in [0.1, 0.15) is 20.8 Å². The standard InChI is InChI=1S/C13H20FNO/c1-10(2)8-15-9-11(3)16-13-6-4-12(14)5-7-13/h4-7,10-11,15H,8-9H2,1-3H3. The third-order valence-corrected chi connectivity index (χ3v) is 2.14. The Bertz CT molecular complexity index is 297. The van der Waals surface area contributed by atoms with Gasteiger partial charge < -0.3 is 10.1 Å². The van der Waals surface area contributed by atoms with Crippen molar-refractivity contribution in [2.75, 3.05) is 13.1 Å². The van der Waals surface area contributed by atoms with Crippen LogP contribution < -0.4 is 10.1 Å². The maximum atomic E-state index is 12.6. The Labute approximate surface area is 96.8 Å². The van der Waals surface area contributed by atoms with Gasteiger partial charge in [0.15, 0.2) is 0 Å². The van der Waals surface area contributed by atoms with Crippen LogP contribution in [0.5, 0.6) is 5.75 Å². The topological polar surface area (TPSA) is 21.3 Å². The molecule has 3 heteroatoms. The number of nitrogens with one attached hydrogen (secondary N) is 1. The molecule has 0 spiro atoms. The van der Waals surface area contributed by atoms with E-state index >= 15 is 0 Å². The van der Waals surface area contributed by atoms with Crippen molar-refractivity contribution >= 4 is 0 Å². The number of benzene rings is 1. The van der Waals surface area contributed by atoms with Crippen molar-refractivity contribution in [3.63, 3.8) is 0 Å². The van der Waals surface area contributed by atoms with Gasteiger partial charge in [-0.25, -0.2) is 4.39 Å². The van der Waals surface area contributed by atoms with E-state index in [-0.39, 0.29) is 11.9 Å². The fourth-order valence-corrected chi connectivity index (χ4v) is 1.36. The van der Waals surface area contributed by atoms with Crippen molar-refractivity contribution in [2.24, 2.45) is 5.92 Å². The summed E-state index contributed by atoms with van der Waals surface area (Å²) in [6, 6.07) is 6.11. The molecule has 0 heterocycles. The summed E-state index contributed by atoms with van der Waals surface area (Å²) in [6.07, 6.45) is 0.0872. The highest BCUT2D eigenvalue weighted by Crippen LogP contribution is 2.12. The Morgan fingerprint density at radius 1 is 1.12 bits per heavy atom. The molecular formula is C13H20FNO. The number of hydrogen-bond acceptors (Lipinski definition) is 2. The van der Waals surface area contributed by atoms with E-state index in [1.807, 2.05) is 6.92 Å². The predicted molar refractivity (Wildman–Crippen MR) is 64.2 cm³/mol. The van der Waals surface area contributed by atoms with Crippen molar-refractivity contribution in [1.82, 2.24) is 5.32 Å². The van der Waals surface area contributed by atoms with Crippen LogP contribution in [-0.2, 0) is 0 Å². The molecule has 0 aliphatic heterocycles. The minimum atomic E-state index is -0.238. The van der Waals surface area contributed by atoms with Crippen molar-refractivity contribution in [1.29, 1.82) is 0 Å². The molecule has 0 fully saturated rings. The fourth-order valence-electron chi connectivity index (χ4n) is 1.36. The summed E-state index contributed by atoms with van der Waals surface area (Å²) in [7, 11) is 0. The zero-order valence-electron chi connectivity index (χ0n) is 10.2. The van der Waals surface area contributed by atoms with Crippen LogP contribution in [0.25, 0.3) is 0 Å². The summed E-state index contributed by atoms with van der Waals surface area (Å²) in [5, 5.41) is 3.32. The summed E-state index contributed by atoms with van der Waals surface area (Å²) < 4.78 is 18.3. The van der Waals surface area contributed by atoms with E-state index < -0.39 is 0 Å². The summed E-state index contributed by atoms with van der Waals surface area (Å²) in [6.45, 7) is 8.11. The van der Waals surface area contributed by atoms with Crippen LogP contribution in [0.3, 0.4) is 0 Å². The molecule has 1 aromatic carbocycles. The minimum absolute atomic E-state index is 0.0872. The van der Waals surface area contributed by atoms with Crippen molar-refractivity contribution in [3.05, 3.63) is 30.1 Å². The van der Waals surface area contributed by atoms with Gasteiger partial charge >= 0.3 is 0 Å². The summed E-state index contributed by atoms with van der Waals surface area (Å²) in [5.41, 5.74) is 0. The van der Waals surface area contributed by atoms with Gasteiger partial charge in [-0.05, 0) is 43.7 Å². The first kappa shape index (κ1) is 13.0. The molecule has 1 atom stereocenters. The van der Waals surface area contributed by atoms with Crippen molar-refractivity contribution in [2.45, 2.75) is 26.9 Å². The molecule has 1 N–H and O–H groups in total. The second kappa shape index (κ2) is 6.48. The van der Waals surface area contributed by atoms with Gasteiger partial charge in [-0.3, -0.25) is 0 Å². The Morgan fingerprint density at radius 3 is 2.31 bits per heavy atom. The minimum Gasteiger partial charge on any atom is -0.489 e. The molecule has 0 aliphatic carbocycles. The molecule has 1 aromatic rings. The average molecular weight is 225 g/mol. The molecule has 90 valence electrons. The number of ether oxygens (including phenoxy) is 1. The number of rotatable bonds is 6. The normalized spacial score (nSPS) is 12.8. The van der Waals surface area contributed by atoms with Crippen LogP contribution >= 0.6 is 0 Å². The lowest BCUT2D eigenvalue weighted by molar-refractivity contribution is 0.215. The Kier molecular flexibility index (Phi) is 5.26. The molecule has 0 saturated heterocycles. The first-order chi connectivity index (χ1) is 7.58. The molecule has 1 rings (SSSR count). The van der Waals surface area contributed by atoms with Gasteiger partial charge in [0.1, 0.15) is 17.7 Å². The van der Waals surface area contributed by atoms with E-state index in [2.05, 4.69) is 19.2 Å². The lowest BCUT2D eigenvalue weighted by Crippen LogP contribution is -2.31. The van der Waals surface area contributed by atoms with Crippen molar-refractivity contribution < 1.29 is 9.13 Å². The SMILES string of the molecule is CC(C)CNCC(C)Oc1ccc(F)cc1. The monoisotopic (exact) mass is 225 g/mol. The van der Waals surface area contributed by atoms with Gasteiger partial charge in [0.05, 0.1) is 0 Å². The Hall–Kier alpha value is -1.09. The lowest BCUT2D eigenvalue weighted by atomic mass is 10.2. The van der Waals surface area contributed by atoms with Gasteiger partial charge in [0.25, 0.3) is 0 Å². The maximum absolute atomic E-state index is 12.6. The van der Waals surface area contributed by atoms with Crippen molar-refractivity contribution in [3.8, 4) is 5.75 Å². The molecule has 0 radical (unpaired) electrons. The smallest absolute Gasteiger partial charge is 0.123 e. The van der Waals surface area contributed by atoms with E-state index in [1.165, 1.54) is 12.1 Å². The lowest BCUT2D eigenvalue weighted by Gasteiger charge is -2.16. The highest BCUT2D eigenvalue weighted by molar-refractivity contribution is 5.22. The van der Waals surface area contributed by atoms with Crippen LogP contribution in [0.4, 0.5) is 4.39 Å². The molecule has 2 nitrogen and oxygen atoms in total. The van der Waals surface area contributed by atoms with Gasteiger partial charge in [-0.15, -0.1) is 0 Å². The summed E-state index contributed by atoms with van der Waals surface area (Å²) in [5.74, 6) is 1.11. The highest BCUT2D eigenvalue weighted by atomic mass is 19.1. The molecular weight excluding hydrogens is 205 g/mol. The summed E-state index contributed by atoms with van der Waals surface area (Å²) in [4.78, 5) is 0. The number of hydrogen-bond donors (Lipinski definition) is 1. The van der Waals surface area contributed by atoms with E-state index in [9.17, 15) is 4.39 Å². The van der Waals surface area contributed by atoms with Gasteiger partial charge in [0, 0.05) is 6.54 Å². The molecule has 0 amide bonds. The van der Waals surface area contributed by atoms with Gasteiger partial charge in [-0.1, -0.05) is 13.8 Å². The molecule has 0 saturated carbocycles. The van der Waals surface area contributed by atoms with Gasteiger partial charge in [-0.2, -0.15) is 0 Å². The second-order valence-electron chi connectivity index (χ2n) is 4.43. The van der Waals surface area contributed by atoms with E-state index in [0.29, 0.717) is 11.7 Å². The Morgan fingerprint density at radius 2 is 1.75 bits per heavy atom. The highest BCUT2D eigenvalue weighted by Gasteiger charge is 2.04. The molecule has 0 aliphatic rings. The van der Waals surface area contributed by atoms with Crippen LogP contribution in [0, 0.1) is 11.7 Å². The Balaban J connectivity index is 2.28. The molecule has 0 aromatic heterocycles. The number of halogens is 1. The third kappa shape index (κ3) is 5.12. The average Bonchev–Trinajstić information content (AvgIpc) is 2.21. The molecule has 1 unspecified atom stereocenters. The molecule has 16 heavy (non-hydrogen) atoms. The zero-order chi connectivity index (χ0) is 12.0. The zero-order valence-corrected chi connectivity index (χ0v) is 10.2. The second-order valence-corrected chi connectivity index (χ2v) is 4.43. The van der Waals surface area contributed by atoms with E-state index in [4.69, 9.17) is 4.74 Å². The van der Waals surface area contributed by atoms with Crippen LogP contribution in [0.15, 0.2) is 24.3 Å². The van der Waals surface area contributed by atoms with Gasteiger partial charge in [0.2, 0.25) is 0 Å². The molecule has 0 bridgehead atoms. The first-order valence-electron chi connectivity index (χ1n) is 5.71. The van der Waals surface area contributed by atoms with Crippen LogP contribution in [0.2, 0.25) is 0 Å². The maximum Gasteiger partial charge on any atom is 0.123 e. The van der Waals surface area contributed by atoms with Crippen LogP contribution in [-0.4, -0.2) is 19.2 Å². The summed E-state index contributed by atoms with van der Waals surface area (Å²) >= 11 is 0. The van der Waals surface area contributed by atoms with E-state index in [0.717, 1.165) is 13.1 Å². The quantitative estimate of drug-likeness (QED) is 0.803. The third-order valence-electron chi connectivity index (χ3n) is 2.14. The van der Waals surface area contributed by atoms with E-state index in [1.54, 1.807) is 12.1 Å². The fraction of sp³-hybridized carbons (Fsp3) is 0.538. The largest absolute Gasteiger partial charge is 0.489 e. The first-order valence-corrected chi connectivity index (χ1v) is 5.71.